The van der Waals surface area contributed by atoms with Gasteiger partial charge in [0.1, 0.15) is 0 Å². The van der Waals surface area contributed by atoms with Crippen molar-refractivity contribution in [2.45, 2.75) is 32.9 Å². The fourth-order valence-electron chi connectivity index (χ4n) is 2.04. The highest BCUT2D eigenvalue weighted by molar-refractivity contribution is 14.0. The van der Waals surface area contributed by atoms with Crippen LogP contribution < -0.4 is 10.6 Å². The highest BCUT2D eigenvalue weighted by Crippen LogP contribution is 2.14. The summed E-state index contributed by atoms with van der Waals surface area (Å²) in [6, 6.07) is 2.13. The van der Waals surface area contributed by atoms with Crippen LogP contribution >= 0.6 is 39.9 Å². The van der Waals surface area contributed by atoms with Crippen molar-refractivity contribution in [2.75, 3.05) is 27.2 Å². The van der Waals surface area contributed by atoms with Crippen LogP contribution in [-0.4, -0.2) is 48.2 Å². The summed E-state index contributed by atoms with van der Waals surface area (Å²) >= 11 is 3.50. The van der Waals surface area contributed by atoms with E-state index in [1.165, 1.54) is 5.69 Å². The summed E-state index contributed by atoms with van der Waals surface area (Å²) in [7, 11) is 5.92. The first-order valence-electron chi connectivity index (χ1n) is 7.20. The molecule has 5 nitrogen and oxygen atoms in total. The zero-order valence-electron chi connectivity index (χ0n) is 14.4. The summed E-state index contributed by atoms with van der Waals surface area (Å²) in [6.07, 6.45) is 2.06. The highest BCUT2D eigenvalue weighted by atomic mass is 127. The van der Waals surface area contributed by atoms with Crippen LogP contribution in [0.5, 0.6) is 0 Å². The molecular weight excluding hydrogens is 457 g/mol. The van der Waals surface area contributed by atoms with Gasteiger partial charge in [-0.2, -0.15) is 0 Å². The van der Waals surface area contributed by atoms with Gasteiger partial charge in [0.15, 0.2) is 5.96 Å². The lowest BCUT2D eigenvalue weighted by atomic mass is 10.1. The summed E-state index contributed by atoms with van der Waals surface area (Å²) in [6.45, 7) is 9.08. The van der Waals surface area contributed by atoms with Gasteiger partial charge in [0.25, 0.3) is 0 Å². The smallest absolute Gasteiger partial charge is 0.193 e. The summed E-state index contributed by atoms with van der Waals surface area (Å²) < 4.78 is 3.22. The van der Waals surface area contributed by atoms with E-state index in [2.05, 4.69) is 81.1 Å². The van der Waals surface area contributed by atoms with Gasteiger partial charge in [-0.15, -0.1) is 24.0 Å². The summed E-state index contributed by atoms with van der Waals surface area (Å²) in [5, 5.41) is 6.84. The van der Waals surface area contributed by atoms with Gasteiger partial charge in [0.05, 0.1) is 6.54 Å². The fourth-order valence-corrected chi connectivity index (χ4v) is 2.61. The van der Waals surface area contributed by atoms with Gasteiger partial charge in [-0.3, -0.25) is 4.99 Å². The zero-order valence-corrected chi connectivity index (χ0v) is 18.3. The van der Waals surface area contributed by atoms with Crippen molar-refractivity contribution in [1.29, 1.82) is 0 Å². The first kappa shape index (κ1) is 21.7. The molecule has 2 N–H and O–H groups in total. The molecule has 7 heteroatoms. The monoisotopic (exact) mass is 485 g/mol. The standard InChI is InChI=1S/C15H28BrN5.HI/c1-15(2,3)19-8-7-18-14(17-4)21(6)11-13-9-12(16)10-20(13)5;/h9-10,19H,7-8,11H2,1-6H3,(H,17,18);1H. The van der Waals surface area contributed by atoms with Crippen molar-refractivity contribution in [3.8, 4) is 0 Å². The minimum Gasteiger partial charge on any atom is -0.355 e. The number of nitrogens with one attached hydrogen (secondary N) is 2. The van der Waals surface area contributed by atoms with Crippen molar-refractivity contribution in [3.05, 3.63) is 22.4 Å². The lowest BCUT2D eigenvalue weighted by Crippen LogP contribution is -2.44. The molecule has 0 aromatic carbocycles. The number of nitrogens with zero attached hydrogens (tertiary/aromatic N) is 3. The second kappa shape index (κ2) is 9.77. The van der Waals surface area contributed by atoms with E-state index in [0.717, 1.165) is 30.1 Å². The van der Waals surface area contributed by atoms with Crippen molar-refractivity contribution < 1.29 is 0 Å². The Labute approximate surface area is 160 Å². The number of hydrogen-bond donors (Lipinski definition) is 2. The molecule has 0 aliphatic heterocycles. The maximum Gasteiger partial charge on any atom is 0.193 e. The second-order valence-electron chi connectivity index (χ2n) is 6.27. The van der Waals surface area contributed by atoms with E-state index in [-0.39, 0.29) is 29.5 Å². The van der Waals surface area contributed by atoms with Gasteiger partial charge in [0.2, 0.25) is 0 Å². The van der Waals surface area contributed by atoms with E-state index in [9.17, 15) is 0 Å². The molecule has 0 saturated heterocycles. The number of aromatic nitrogens is 1. The molecule has 1 aromatic rings. The van der Waals surface area contributed by atoms with Crippen LogP contribution in [0.25, 0.3) is 0 Å². The Morgan fingerprint density at radius 2 is 2.00 bits per heavy atom. The van der Waals surface area contributed by atoms with E-state index >= 15 is 0 Å². The number of aryl methyl sites for hydroxylation is 1. The average molecular weight is 486 g/mol. The molecule has 0 fully saturated rings. The Morgan fingerprint density at radius 1 is 1.36 bits per heavy atom. The molecule has 0 atom stereocenters. The zero-order chi connectivity index (χ0) is 16.0. The Bertz CT molecular complexity index is 479. The number of hydrogen-bond acceptors (Lipinski definition) is 2. The minimum absolute atomic E-state index is 0. The molecule has 1 rings (SSSR count). The van der Waals surface area contributed by atoms with Crippen molar-refractivity contribution in [3.63, 3.8) is 0 Å². The normalized spacial score (nSPS) is 12.0. The lowest BCUT2D eigenvalue weighted by Gasteiger charge is -2.24. The lowest BCUT2D eigenvalue weighted by molar-refractivity contribution is 0.420. The third-order valence-electron chi connectivity index (χ3n) is 3.11. The van der Waals surface area contributed by atoms with Crippen LogP contribution in [0.15, 0.2) is 21.7 Å². The number of aliphatic imine (C=N–C) groups is 1. The van der Waals surface area contributed by atoms with Gasteiger partial charge in [-0.05, 0) is 42.8 Å². The molecule has 0 aliphatic carbocycles. The van der Waals surface area contributed by atoms with Crippen LogP contribution in [0.3, 0.4) is 0 Å². The Morgan fingerprint density at radius 3 is 2.45 bits per heavy atom. The van der Waals surface area contributed by atoms with Gasteiger partial charge < -0.3 is 20.1 Å². The topological polar surface area (TPSA) is 44.6 Å². The maximum absolute atomic E-state index is 4.34. The first-order chi connectivity index (χ1) is 9.73. The third-order valence-corrected chi connectivity index (χ3v) is 3.54. The number of rotatable bonds is 5. The molecule has 22 heavy (non-hydrogen) atoms. The summed E-state index contributed by atoms with van der Waals surface area (Å²) in [5.74, 6) is 0.906. The average Bonchev–Trinajstić information content (AvgIpc) is 2.66. The number of guanidine groups is 1. The molecule has 128 valence electrons. The van der Waals surface area contributed by atoms with Crippen molar-refractivity contribution in [2.24, 2.45) is 12.0 Å². The highest BCUT2D eigenvalue weighted by Gasteiger charge is 2.10. The Balaban J connectivity index is 0.00000441. The quantitative estimate of drug-likeness (QED) is 0.292. The van der Waals surface area contributed by atoms with Crippen molar-refractivity contribution >= 4 is 45.9 Å². The van der Waals surface area contributed by atoms with Crippen LogP contribution in [-0.2, 0) is 13.6 Å². The van der Waals surface area contributed by atoms with E-state index in [1.807, 2.05) is 14.1 Å². The van der Waals surface area contributed by atoms with Crippen molar-refractivity contribution in [1.82, 2.24) is 20.1 Å². The third kappa shape index (κ3) is 7.82. The van der Waals surface area contributed by atoms with E-state index in [1.54, 1.807) is 0 Å². The number of halogens is 2. The molecule has 0 unspecified atom stereocenters. The summed E-state index contributed by atoms with van der Waals surface area (Å²) in [4.78, 5) is 6.46. The molecule has 0 saturated carbocycles. The van der Waals surface area contributed by atoms with Gasteiger partial charge >= 0.3 is 0 Å². The van der Waals surface area contributed by atoms with E-state index < -0.39 is 0 Å². The van der Waals surface area contributed by atoms with E-state index in [0.29, 0.717) is 0 Å². The maximum atomic E-state index is 4.34. The molecule has 0 amide bonds. The van der Waals surface area contributed by atoms with Gasteiger partial charge in [-0.25, -0.2) is 0 Å². The van der Waals surface area contributed by atoms with Gasteiger partial charge in [0, 0.05) is 56.1 Å². The molecule has 1 heterocycles. The van der Waals surface area contributed by atoms with E-state index in [4.69, 9.17) is 0 Å². The SMILES string of the molecule is CN=C(NCCNC(C)(C)C)N(C)Cc1cc(Br)cn1C.I. The largest absolute Gasteiger partial charge is 0.355 e. The van der Waals surface area contributed by atoms with Crippen LogP contribution in [0, 0.1) is 0 Å². The molecule has 0 bridgehead atoms. The van der Waals surface area contributed by atoms with Crippen LogP contribution in [0.2, 0.25) is 0 Å². The summed E-state index contributed by atoms with van der Waals surface area (Å²) in [5.41, 5.74) is 1.38. The predicted molar refractivity (Wildman–Crippen MR) is 109 cm³/mol. The molecule has 1 aromatic heterocycles. The first-order valence-corrected chi connectivity index (χ1v) is 8.00. The predicted octanol–water partition coefficient (Wildman–Crippen LogP) is 2.80. The fraction of sp³-hybridized carbons (Fsp3) is 0.667. The minimum atomic E-state index is 0. The second-order valence-corrected chi connectivity index (χ2v) is 7.18. The molecule has 0 radical (unpaired) electrons. The van der Waals surface area contributed by atoms with Crippen LogP contribution in [0.1, 0.15) is 26.5 Å². The Kier molecular flexibility index (Phi) is 9.64. The molecular formula is C15H29BrIN5. The Hall–Kier alpha value is -0.280. The molecule has 0 spiro atoms. The van der Waals surface area contributed by atoms with Gasteiger partial charge in [-0.1, -0.05) is 0 Å². The molecule has 0 aliphatic rings. The van der Waals surface area contributed by atoms with Crippen LogP contribution in [0.4, 0.5) is 0 Å².